The lowest BCUT2D eigenvalue weighted by atomic mass is 10.1. The minimum atomic E-state index is -1.78. The maximum atomic E-state index is 9.12. The Bertz CT molecular complexity index is 248. The molecule has 0 radical (unpaired) electrons. The van der Waals surface area contributed by atoms with Crippen LogP contribution in [0.25, 0.3) is 0 Å². The molecule has 0 spiro atoms. The van der Waals surface area contributed by atoms with Gasteiger partial charge in [0.05, 0.1) is 6.07 Å². The summed E-state index contributed by atoms with van der Waals surface area (Å²) in [5, 5.41) is 9.30. The Hall–Kier alpha value is -0.333. The second-order valence-corrected chi connectivity index (χ2v) is 11.2. The predicted molar refractivity (Wildman–Crippen MR) is 71.8 cm³/mol. The smallest absolute Gasteiger partial charge is 0.193 e. The van der Waals surface area contributed by atoms with Gasteiger partial charge in [-0.3, -0.25) is 0 Å². The van der Waals surface area contributed by atoms with E-state index in [4.69, 9.17) is 9.69 Å². The Morgan fingerprint density at radius 2 is 1.69 bits per heavy atom. The van der Waals surface area contributed by atoms with Crippen molar-refractivity contribution >= 4 is 8.32 Å². The van der Waals surface area contributed by atoms with Gasteiger partial charge < -0.3 is 4.43 Å². The van der Waals surface area contributed by atoms with E-state index >= 15 is 0 Å². The van der Waals surface area contributed by atoms with Crippen LogP contribution in [-0.2, 0) is 4.43 Å². The van der Waals surface area contributed by atoms with Gasteiger partial charge in [0.2, 0.25) is 0 Å². The van der Waals surface area contributed by atoms with E-state index in [1.54, 1.807) is 0 Å². The van der Waals surface area contributed by atoms with Crippen molar-refractivity contribution in [2.45, 2.75) is 71.7 Å². The largest absolute Gasteiger partial charge is 0.401 e. The van der Waals surface area contributed by atoms with Crippen LogP contribution in [0.1, 0.15) is 47.5 Å². The number of nitriles is 1. The Labute approximate surface area is 102 Å². The SMILES string of the molecule is CC(C)CCC(C#N)O[Si](C)(C)C(C)(C)C. The van der Waals surface area contributed by atoms with Gasteiger partial charge in [-0.15, -0.1) is 0 Å². The Balaban J connectivity index is 4.39. The van der Waals surface area contributed by atoms with E-state index in [0.717, 1.165) is 12.8 Å². The molecule has 94 valence electrons. The molecule has 0 saturated carbocycles. The van der Waals surface area contributed by atoms with Crippen molar-refractivity contribution in [3.8, 4) is 6.07 Å². The van der Waals surface area contributed by atoms with Gasteiger partial charge in [0, 0.05) is 0 Å². The summed E-state index contributed by atoms with van der Waals surface area (Å²) in [5.74, 6) is 0.638. The first kappa shape index (κ1) is 15.7. The second-order valence-electron chi connectivity index (χ2n) is 6.47. The molecule has 0 aromatic carbocycles. The maximum absolute atomic E-state index is 9.12. The summed E-state index contributed by atoms with van der Waals surface area (Å²) in [6.45, 7) is 15.4. The van der Waals surface area contributed by atoms with Crippen molar-refractivity contribution in [3.05, 3.63) is 0 Å². The highest BCUT2D eigenvalue weighted by Crippen LogP contribution is 2.37. The molecule has 0 bridgehead atoms. The summed E-state index contributed by atoms with van der Waals surface area (Å²) in [6, 6.07) is 2.30. The highest BCUT2D eigenvalue weighted by atomic mass is 28.4. The molecular formula is C13H27NOSi. The van der Waals surface area contributed by atoms with Crippen LogP contribution >= 0.6 is 0 Å². The number of rotatable bonds is 5. The molecule has 0 amide bonds. The predicted octanol–water partition coefficient (Wildman–Crippen LogP) is 4.34. The van der Waals surface area contributed by atoms with E-state index in [-0.39, 0.29) is 11.1 Å². The molecule has 1 atom stereocenters. The van der Waals surface area contributed by atoms with Crippen LogP contribution in [0.5, 0.6) is 0 Å². The van der Waals surface area contributed by atoms with Crippen LogP contribution in [0.3, 0.4) is 0 Å². The molecule has 0 heterocycles. The topological polar surface area (TPSA) is 33.0 Å². The summed E-state index contributed by atoms with van der Waals surface area (Å²) >= 11 is 0. The molecule has 3 heteroatoms. The van der Waals surface area contributed by atoms with E-state index in [0.29, 0.717) is 5.92 Å². The first-order valence-electron chi connectivity index (χ1n) is 6.17. The summed E-state index contributed by atoms with van der Waals surface area (Å²) in [4.78, 5) is 0. The van der Waals surface area contributed by atoms with Gasteiger partial charge in [-0.1, -0.05) is 34.6 Å². The Morgan fingerprint density at radius 3 is 2.00 bits per heavy atom. The molecule has 0 aliphatic carbocycles. The molecule has 16 heavy (non-hydrogen) atoms. The zero-order chi connectivity index (χ0) is 13.0. The summed E-state index contributed by atoms with van der Waals surface area (Å²) in [6.07, 6.45) is 1.70. The average Bonchev–Trinajstić information content (AvgIpc) is 2.09. The Kier molecular flexibility index (Phi) is 5.71. The third-order valence-electron chi connectivity index (χ3n) is 3.39. The van der Waals surface area contributed by atoms with Gasteiger partial charge in [0.1, 0.15) is 6.10 Å². The lowest BCUT2D eigenvalue weighted by molar-refractivity contribution is 0.212. The van der Waals surface area contributed by atoms with Gasteiger partial charge >= 0.3 is 0 Å². The maximum Gasteiger partial charge on any atom is 0.193 e. The highest BCUT2D eigenvalue weighted by molar-refractivity contribution is 6.74. The van der Waals surface area contributed by atoms with Crippen LogP contribution in [0.2, 0.25) is 18.1 Å². The molecule has 0 saturated heterocycles. The lowest BCUT2D eigenvalue weighted by Gasteiger charge is -2.37. The van der Waals surface area contributed by atoms with E-state index < -0.39 is 8.32 Å². The van der Waals surface area contributed by atoms with Crippen LogP contribution in [-0.4, -0.2) is 14.4 Å². The molecule has 1 unspecified atom stereocenters. The van der Waals surface area contributed by atoms with Gasteiger partial charge in [-0.05, 0) is 36.9 Å². The van der Waals surface area contributed by atoms with Crippen molar-refractivity contribution in [2.24, 2.45) is 5.92 Å². The van der Waals surface area contributed by atoms with Crippen LogP contribution < -0.4 is 0 Å². The fourth-order valence-corrected chi connectivity index (χ4v) is 2.40. The van der Waals surface area contributed by atoms with Crippen molar-refractivity contribution < 1.29 is 4.43 Å². The van der Waals surface area contributed by atoms with Crippen LogP contribution in [0, 0.1) is 17.2 Å². The first-order chi connectivity index (χ1) is 7.10. The van der Waals surface area contributed by atoms with Gasteiger partial charge in [-0.25, -0.2) is 0 Å². The molecule has 0 aliphatic rings. The summed E-state index contributed by atoms with van der Waals surface area (Å²) in [7, 11) is -1.78. The van der Waals surface area contributed by atoms with Crippen molar-refractivity contribution in [1.29, 1.82) is 5.26 Å². The van der Waals surface area contributed by atoms with E-state index in [2.05, 4.69) is 53.8 Å². The molecule has 2 nitrogen and oxygen atoms in total. The summed E-state index contributed by atoms with van der Waals surface area (Å²) in [5.41, 5.74) is 0. The van der Waals surface area contributed by atoms with E-state index in [9.17, 15) is 0 Å². The summed E-state index contributed by atoms with van der Waals surface area (Å²) < 4.78 is 6.08. The monoisotopic (exact) mass is 241 g/mol. The van der Waals surface area contributed by atoms with E-state index in [1.807, 2.05) is 0 Å². The van der Waals surface area contributed by atoms with Crippen molar-refractivity contribution in [1.82, 2.24) is 0 Å². The zero-order valence-corrected chi connectivity index (χ0v) is 12.9. The highest BCUT2D eigenvalue weighted by Gasteiger charge is 2.39. The van der Waals surface area contributed by atoms with Crippen molar-refractivity contribution in [2.75, 3.05) is 0 Å². The standard InChI is InChI=1S/C13H27NOSi/c1-11(2)8-9-12(10-14)15-16(6,7)13(3,4)5/h11-12H,8-9H2,1-7H3. The van der Waals surface area contributed by atoms with Crippen LogP contribution in [0.15, 0.2) is 0 Å². The number of hydrogen-bond donors (Lipinski definition) is 0. The molecule has 0 N–H and O–H groups in total. The quantitative estimate of drug-likeness (QED) is 0.671. The fraction of sp³-hybridized carbons (Fsp3) is 0.923. The minimum absolute atomic E-state index is 0.180. The fourth-order valence-electron chi connectivity index (χ4n) is 1.17. The third-order valence-corrected chi connectivity index (χ3v) is 7.88. The molecule has 0 aromatic rings. The van der Waals surface area contributed by atoms with Gasteiger partial charge in [-0.2, -0.15) is 5.26 Å². The number of nitrogens with zero attached hydrogens (tertiary/aromatic N) is 1. The zero-order valence-electron chi connectivity index (χ0n) is 11.9. The molecule has 0 aromatic heterocycles. The van der Waals surface area contributed by atoms with Gasteiger partial charge in [0.15, 0.2) is 8.32 Å². The Morgan fingerprint density at radius 1 is 1.19 bits per heavy atom. The molecule has 0 aliphatic heterocycles. The normalized spacial score (nSPS) is 14.9. The third kappa shape index (κ3) is 5.13. The first-order valence-corrected chi connectivity index (χ1v) is 9.08. The van der Waals surface area contributed by atoms with Gasteiger partial charge in [0.25, 0.3) is 0 Å². The molecular weight excluding hydrogens is 214 g/mol. The average molecular weight is 241 g/mol. The number of hydrogen-bond acceptors (Lipinski definition) is 2. The minimum Gasteiger partial charge on any atom is -0.401 e. The molecule has 0 rings (SSSR count). The molecule has 0 fully saturated rings. The second kappa shape index (κ2) is 5.84. The van der Waals surface area contributed by atoms with E-state index in [1.165, 1.54) is 0 Å². The van der Waals surface area contributed by atoms with Crippen LogP contribution in [0.4, 0.5) is 0 Å². The lowest BCUT2D eigenvalue weighted by Crippen LogP contribution is -2.43. The van der Waals surface area contributed by atoms with Crippen molar-refractivity contribution in [3.63, 3.8) is 0 Å².